The number of aromatic hydroxyl groups is 2. The number of nitrogens with one attached hydrogen (secondary N) is 1. The number of halogens is 1. The number of hydrogen-bond donors (Lipinski definition) is 5. The Morgan fingerprint density at radius 3 is 2.62 bits per heavy atom. The molecule has 6 N–H and O–H groups in total. The number of oxime groups is 1. The Labute approximate surface area is 278 Å². The van der Waals surface area contributed by atoms with Crippen LogP contribution in [-0.4, -0.2) is 85.9 Å². The fourth-order valence-electron chi connectivity index (χ4n) is 5.20. The highest BCUT2D eigenvalue weighted by molar-refractivity contribution is 8.00. The first-order valence-electron chi connectivity index (χ1n) is 14.0. The number of carboxylic acid groups (broad SMARTS) is 1. The zero-order valence-corrected chi connectivity index (χ0v) is 27.4. The molecule has 1 saturated heterocycles. The lowest BCUT2D eigenvalue weighted by atomic mass is 9.89. The number of Topliss-reactive ketones (excluding diaryl/α,β-unsaturated/α-hetero) is 1. The molecule has 4 aromatic rings. The van der Waals surface area contributed by atoms with Gasteiger partial charge in [0.2, 0.25) is 17.3 Å². The van der Waals surface area contributed by atoms with E-state index in [1.54, 1.807) is 4.90 Å². The molecule has 5 heterocycles. The fraction of sp³-hybridized carbons (Fsp3) is 0.321. The number of hydrogen-bond acceptors (Lipinski definition) is 14. The Morgan fingerprint density at radius 1 is 1.26 bits per heavy atom. The van der Waals surface area contributed by atoms with E-state index in [1.165, 1.54) is 37.7 Å². The number of pyridine rings is 1. The number of anilines is 1. The number of thioether (sulfide) groups is 1. The maximum atomic E-state index is 13.8. The number of tetrazole rings is 1. The number of fused-ring (bicyclic) bond motifs is 2. The van der Waals surface area contributed by atoms with E-state index >= 15 is 0 Å². The van der Waals surface area contributed by atoms with Crippen molar-refractivity contribution in [3.8, 4) is 11.5 Å². The van der Waals surface area contributed by atoms with E-state index < -0.39 is 28.6 Å². The minimum atomic E-state index is -1.77. The van der Waals surface area contributed by atoms with Crippen LogP contribution >= 0.6 is 34.7 Å². The highest BCUT2D eigenvalue weighted by Crippen LogP contribution is 2.47. The molecule has 3 aromatic heterocycles. The molecule has 2 atom stereocenters. The number of nitrogen functional groups attached to an aromatic ring is 1. The topological polar surface area (TPSA) is 234 Å². The Morgan fingerprint density at radius 2 is 1.98 bits per heavy atom. The van der Waals surface area contributed by atoms with Crippen molar-refractivity contribution < 1.29 is 39.1 Å². The number of H-pyrrole nitrogens is 1. The van der Waals surface area contributed by atoms with Gasteiger partial charge in [-0.2, -0.15) is 9.78 Å². The number of β-lactam (4-membered cyclic amide) rings is 1. The number of amides is 1. The first-order valence-corrected chi connectivity index (χ1v) is 16.2. The number of carbonyl (C=O) groups excluding carboxylic acids is 2. The monoisotopic (exact) mass is 700 g/mol. The number of aromatic amines is 1. The number of carboxylic acids is 1. The predicted octanol–water partition coefficient (Wildman–Crippen LogP) is 2.24. The summed E-state index contributed by atoms with van der Waals surface area (Å²) >= 11 is 8.64. The van der Waals surface area contributed by atoms with Gasteiger partial charge in [-0.05, 0) is 36.6 Å². The van der Waals surface area contributed by atoms with Gasteiger partial charge in [0, 0.05) is 36.1 Å². The van der Waals surface area contributed by atoms with Crippen molar-refractivity contribution in [2.24, 2.45) is 11.1 Å². The molecular weight excluding hydrogens is 674 g/mol. The first kappa shape index (κ1) is 32.1. The lowest BCUT2D eigenvalue weighted by Crippen LogP contribution is -2.61. The number of phenolic OH excluding ortho intramolecular Hbond substituents is 2. The molecule has 2 aliphatic rings. The van der Waals surface area contributed by atoms with Crippen LogP contribution in [0.5, 0.6) is 11.5 Å². The summed E-state index contributed by atoms with van der Waals surface area (Å²) in [6.07, 6.45) is 1.55. The zero-order valence-electron chi connectivity index (χ0n) is 25.0. The molecule has 2 aliphatic heterocycles. The average molecular weight is 701 g/mol. The van der Waals surface area contributed by atoms with E-state index in [2.05, 4.69) is 30.8 Å². The Bertz CT molecular complexity index is 2010. The number of benzene rings is 1. The first-order chi connectivity index (χ1) is 22.2. The number of thiazole rings is 1. The van der Waals surface area contributed by atoms with Crippen LogP contribution in [0.4, 0.5) is 5.13 Å². The van der Waals surface area contributed by atoms with E-state index in [4.69, 9.17) is 22.2 Å². The standard InChI is InChI=1S/C28H26ClN9O7S2/c1-11-4-12-5-16(39)17(40)6-13(12)8-37(11)9-14-10-46-25-15(24(42)38(25)21(14)23-32-35-36-33-23)7-18(41)19(20-22(29)47-27(30)31-20)34-45-28(2,3)26(43)44/h4-6,8,15,25H,7,9-10H2,1-3H3,(H5,30,31,32,33,35,36,40,43,44)/p+1/b34-19+/t15-,25-/m1/s1. The van der Waals surface area contributed by atoms with Gasteiger partial charge in [0.1, 0.15) is 10.0 Å². The van der Waals surface area contributed by atoms with Crippen LogP contribution in [0.2, 0.25) is 4.34 Å². The van der Waals surface area contributed by atoms with Gasteiger partial charge in [0.05, 0.1) is 17.0 Å². The third kappa shape index (κ3) is 5.94. The van der Waals surface area contributed by atoms with Gasteiger partial charge in [-0.1, -0.05) is 28.1 Å². The summed E-state index contributed by atoms with van der Waals surface area (Å²) in [6.45, 7) is 4.77. The van der Waals surface area contributed by atoms with Crippen molar-refractivity contribution in [1.82, 2.24) is 30.5 Å². The summed E-state index contributed by atoms with van der Waals surface area (Å²) < 4.78 is 2.01. The summed E-state index contributed by atoms with van der Waals surface area (Å²) in [5.74, 6) is -2.87. The van der Waals surface area contributed by atoms with E-state index in [0.717, 1.165) is 28.0 Å². The number of phenols is 2. The summed E-state index contributed by atoms with van der Waals surface area (Å²) in [6, 6.07) is 4.83. The number of rotatable bonds is 10. The van der Waals surface area contributed by atoms with E-state index in [-0.39, 0.29) is 50.5 Å². The lowest BCUT2D eigenvalue weighted by Gasteiger charge is -2.49. The molecule has 0 saturated carbocycles. The van der Waals surface area contributed by atoms with Gasteiger partial charge in [-0.3, -0.25) is 14.5 Å². The summed E-state index contributed by atoms with van der Waals surface area (Å²) in [4.78, 5) is 49.8. The molecule has 19 heteroatoms. The largest absolute Gasteiger partial charge is 0.504 e. The number of carbonyl (C=O) groups is 3. The van der Waals surface area contributed by atoms with Gasteiger partial charge in [-0.25, -0.2) is 9.78 Å². The zero-order chi connectivity index (χ0) is 33.8. The number of aliphatic carboxylic acids is 1. The van der Waals surface area contributed by atoms with Crippen LogP contribution < -0.4 is 10.3 Å². The molecule has 1 amide bonds. The number of ketones is 1. The Balaban J connectivity index is 1.29. The van der Waals surface area contributed by atoms with Crippen molar-refractivity contribution >= 4 is 79.7 Å². The van der Waals surface area contributed by atoms with Crippen molar-refractivity contribution in [3.63, 3.8) is 0 Å². The number of aromatic nitrogens is 6. The number of nitrogens with zero attached hydrogens (tertiary/aromatic N) is 7. The smallest absolute Gasteiger partial charge is 0.350 e. The quantitative estimate of drug-likeness (QED) is 0.0526. The van der Waals surface area contributed by atoms with Gasteiger partial charge in [-0.15, -0.1) is 22.0 Å². The van der Waals surface area contributed by atoms with E-state index in [1.807, 2.05) is 23.8 Å². The molecule has 0 radical (unpaired) electrons. The molecule has 6 rings (SSSR count). The lowest BCUT2D eigenvalue weighted by molar-refractivity contribution is -0.693. The van der Waals surface area contributed by atoms with Crippen molar-refractivity contribution in [1.29, 1.82) is 0 Å². The summed E-state index contributed by atoms with van der Waals surface area (Å²) in [7, 11) is 0. The molecule has 0 bridgehead atoms. The van der Waals surface area contributed by atoms with Crippen LogP contribution in [-0.2, 0) is 25.8 Å². The highest BCUT2D eigenvalue weighted by atomic mass is 35.5. The summed E-state index contributed by atoms with van der Waals surface area (Å²) in [5, 5.41) is 48.7. The molecular formula is C28H27ClN9O7S2+. The predicted molar refractivity (Wildman–Crippen MR) is 170 cm³/mol. The molecule has 0 spiro atoms. The Kier molecular flexibility index (Phi) is 8.27. The molecule has 16 nitrogen and oxygen atoms in total. The van der Waals surface area contributed by atoms with Gasteiger partial charge in [0.15, 0.2) is 46.6 Å². The van der Waals surface area contributed by atoms with Crippen LogP contribution in [0.3, 0.4) is 0 Å². The van der Waals surface area contributed by atoms with Gasteiger partial charge < -0.3 is 25.9 Å². The summed E-state index contributed by atoms with van der Waals surface area (Å²) in [5.41, 5.74) is 5.74. The van der Waals surface area contributed by atoms with Crippen LogP contribution in [0, 0.1) is 12.8 Å². The van der Waals surface area contributed by atoms with E-state index in [9.17, 15) is 29.7 Å². The normalized spacial score (nSPS) is 18.3. The van der Waals surface area contributed by atoms with Gasteiger partial charge >= 0.3 is 5.97 Å². The Hall–Kier alpha value is -4.81. The van der Waals surface area contributed by atoms with Crippen LogP contribution in [0.15, 0.2) is 35.1 Å². The second-order valence-corrected chi connectivity index (χ2v) is 14.1. The third-order valence-electron chi connectivity index (χ3n) is 7.74. The maximum Gasteiger partial charge on any atom is 0.350 e. The average Bonchev–Trinajstić information content (AvgIpc) is 3.66. The fourth-order valence-corrected chi connectivity index (χ4v) is 7.53. The minimum absolute atomic E-state index is 0.0559. The SMILES string of the molecule is Cc1cc2cc(O)c(O)cc2c[n+]1CC1=C(c2nn[nH]n2)N2C(=O)[C@@H](CC(=O)/C(=N\OC(C)(C)C(=O)O)c3nc(N)sc3Cl)[C@H]2SC1. The molecule has 244 valence electrons. The van der Waals surface area contributed by atoms with Crippen molar-refractivity contribution in [2.45, 2.75) is 44.7 Å². The van der Waals surface area contributed by atoms with Crippen molar-refractivity contribution in [2.75, 3.05) is 11.5 Å². The van der Waals surface area contributed by atoms with Gasteiger partial charge in [0.25, 0.3) is 0 Å². The molecule has 1 aromatic carbocycles. The molecule has 0 unspecified atom stereocenters. The molecule has 1 fully saturated rings. The van der Waals surface area contributed by atoms with Crippen LogP contribution in [0.25, 0.3) is 16.5 Å². The maximum absolute atomic E-state index is 13.8. The third-order valence-corrected chi connectivity index (χ3v) is 10.2. The highest BCUT2D eigenvalue weighted by Gasteiger charge is 2.54. The van der Waals surface area contributed by atoms with E-state index in [0.29, 0.717) is 23.4 Å². The van der Waals surface area contributed by atoms with Crippen molar-refractivity contribution in [3.05, 3.63) is 51.5 Å². The second-order valence-electron chi connectivity index (χ2n) is 11.4. The molecule has 0 aliphatic carbocycles. The number of nitrogens with two attached hydrogens (primary N) is 1. The second kappa shape index (κ2) is 12.1. The minimum Gasteiger partial charge on any atom is -0.504 e. The van der Waals surface area contributed by atoms with Crippen LogP contribution in [0.1, 0.15) is 37.5 Å². The molecule has 47 heavy (non-hydrogen) atoms. The number of aryl methyl sites for hydroxylation is 1.